The van der Waals surface area contributed by atoms with Crippen molar-refractivity contribution in [2.45, 2.75) is 13.5 Å². The molecule has 116 valence electrons. The van der Waals surface area contributed by atoms with Crippen LogP contribution in [0.4, 0.5) is 8.78 Å². The highest BCUT2D eigenvalue weighted by Crippen LogP contribution is 2.18. The van der Waals surface area contributed by atoms with Gasteiger partial charge in [-0.3, -0.25) is 4.98 Å². The monoisotopic (exact) mass is 314 g/mol. The Bertz CT molecular complexity index is 828. The molecule has 0 amide bonds. The lowest BCUT2D eigenvalue weighted by molar-refractivity contribution is 0.292. The Hall–Kier alpha value is -2.96. The van der Waals surface area contributed by atoms with Crippen molar-refractivity contribution in [3.05, 3.63) is 65.7 Å². The lowest BCUT2D eigenvalue weighted by Gasteiger charge is -2.08. The van der Waals surface area contributed by atoms with Crippen LogP contribution < -0.4 is 4.74 Å². The largest absolute Gasteiger partial charge is 0.473 e. The van der Waals surface area contributed by atoms with E-state index in [1.54, 1.807) is 31.6 Å². The molecule has 23 heavy (non-hydrogen) atoms. The minimum atomic E-state index is -0.912. The summed E-state index contributed by atoms with van der Waals surface area (Å²) in [7, 11) is 0. The van der Waals surface area contributed by atoms with Gasteiger partial charge >= 0.3 is 0 Å². The van der Waals surface area contributed by atoms with E-state index in [-0.39, 0.29) is 6.61 Å². The first kappa shape index (κ1) is 15.0. The summed E-state index contributed by atoms with van der Waals surface area (Å²) in [6.45, 7) is 1.86. The zero-order chi connectivity index (χ0) is 16.2. The summed E-state index contributed by atoms with van der Waals surface area (Å²) in [5, 5.41) is 0. The van der Waals surface area contributed by atoms with Gasteiger partial charge in [0.2, 0.25) is 5.88 Å². The molecule has 0 saturated heterocycles. The smallest absolute Gasteiger partial charge is 0.217 e. The van der Waals surface area contributed by atoms with Crippen molar-refractivity contribution < 1.29 is 13.5 Å². The van der Waals surface area contributed by atoms with E-state index in [4.69, 9.17) is 4.74 Å². The summed E-state index contributed by atoms with van der Waals surface area (Å²) in [6.07, 6.45) is 4.65. The maximum Gasteiger partial charge on any atom is 0.217 e. The molecule has 0 saturated carbocycles. The summed E-state index contributed by atoms with van der Waals surface area (Å²) in [5.41, 5.74) is 1.72. The number of rotatable bonds is 4. The third-order valence-corrected chi connectivity index (χ3v) is 2.99. The molecule has 0 atom stereocenters. The number of benzene rings is 1. The van der Waals surface area contributed by atoms with Gasteiger partial charge in [0.1, 0.15) is 12.3 Å². The van der Waals surface area contributed by atoms with E-state index in [1.807, 2.05) is 0 Å². The van der Waals surface area contributed by atoms with Gasteiger partial charge in [0, 0.05) is 24.2 Å². The standard InChI is InChI=1S/C16H12F2N4O/c1-10-6-15(22-16(21-10)14-8-19-4-5-20-14)23-9-11-2-3-12(17)13(18)7-11/h2-8H,9H2,1H3. The second-order valence-electron chi connectivity index (χ2n) is 4.80. The van der Waals surface area contributed by atoms with E-state index < -0.39 is 11.6 Å². The van der Waals surface area contributed by atoms with Crippen LogP contribution in [0.5, 0.6) is 5.88 Å². The Kier molecular flexibility index (Phi) is 4.18. The second-order valence-corrected chi connectivity index (χ2v) is 4.80. The fraction of sp³-hybridized carbons (Fsp3) is 0.125. The molecule has 2 heterocycles. The maximum absolute atomic E-state index is 13.2. The van der Waals surface area contributed by atoms with E-state index in [9.17, 15) is 8.78 Å². The number of aromatic nitrogens is 4. The fourth-order valence-electron chi connectivity index (χ4n) is 1.93. The Morgan fingerprint density at radius 2 is 1.91 bits per heavy atom. The molecule has 0 unspecified atom stereocenters. The van der Waals surface area contributed by atoms with Crippen molar-refractivity contribution in [2.24, 2.45) is 0 Å². The zero-order valence-corrected chi connectivity index (χ0v) is 12.2. The molecular formula is C16H12F2N4O. The molecule has 0 aliphatic heterocycles. The number of aryl methyl sites for hydroxylation is 1. The molecule has 7 heteroatoms. The van der Waals surface area contributed by atoms with Crippen LogP contribution in [0.2, 0.25) is 0 Å². The lowest BCUT2D eigenvalue weighted by Crippen LogP contribution is -2.02. The van der Waals surface area contributed by atoms with E-state index >= 15 is 0 Å². The first-order valence-corrected chi connectivity index (χ1v) is 6.80. The van der Waals surface area contributed by atoms with Gasteiger partial charge in [-0.1, -0.05) is 6.07 Å². The van der Waals surface area contributed by atoms with E-state index in [0.29, 0.717) is 28.7 Å². The fourth-order valence-corrected chi connectivity index (χ4v) is 1.93. The van der Waals surface area contributed by atoms with Crippen LogP contribution >= 0.6 is 0 Å². The molecule has 2 aromatic heterocycles. The highest BCUT2D eigenvalue weighted by Gasteiger charge is 2.08. The summed E-state index contributed by atoms with van der Waals surface area (Å²) in [4.78, 5) is 16.6. The number of halogens is 2. The van der Waals surface area contributed by atoms with Gasteiger partial charge in [0.25, 0.3) is 0 Å². The average Bonchev–Trinajstić information content (AvgIpc) is 2.56. The average molecular weight is 314 g/mol. The molecular weight excluding hydrogens is 302 g/mol. The van der Waals surface area contributed by atoms with Gasteiger partial charge in [0.15, 0.2) is 17.5 Å². The van der Waals surface area contributed by atoms with E-state index in [0.717, 1.165) is 12.1 Å². The molecule has 3 aromatic rings. The van der Waals surface area contributed by atoms with Crippen LogP contribution in [0.3, 0.4) is 0 Å². The van der Waals surface area contributed by atoms with Crippen molar-refractivity contribution in [3.8, 4) is 17.4 Å². The number of nitrogens with zero attached hydrogens (tertiary/aromatic N) is 4. The van der Waals surface area contributed by atoms with Crippen LogP contribution in [0.1, 0.15) is 11.3 Å². The molecule has 5 nitrogen and oxygen atoms in total. The SMILES string of the molecule is Cc1cc(OCc2ccc(F)c(F)c2)nc(-c2cnccn2)n1. The molecule has 0 fully saturated rings. The molecule has 0 radical (unpaired) electrons. The van der Waals surface area contributed by atoms with Gasteiger partial charge in [-0.25, -0.2) is 18.7 Å². The van der Waals surface area contributed by atoms with Crippen molar-refractivity contribution >= 4 is 0 Å². The van der Waals surface area contributed by atoms with Crippen molar-refractivity contribution in [1.29, 1.82) is 0 Å². The normalized spacial score (nSPS) is 10.6. The Morgan fingerprint density at radius 1 is 1.04 bits per heavy atom. The van der Waals surface area contributed by atoms with Crippen LogP contribution in [0.25, 0.3) is 11.5 Å². The third kappa shape index (κ3) is 3.63. The lowest BCUT2D eigenvalue weighted by atomic mass is 10.2. The molecule has 1 aromatic carbocycles. The second kappa shape index (κ2) is 6.43. The highest BCUT2D eigenvalue weighted by atomic mass is 19.2. The van der Waals surface area contributed by atoms with Gasteiger partial charge in [-0.15, -0.1) is 0 Å². The van der Waals surface area contributed by atoms with Crippen LogP contribution in [0, 0.1) is 18.6 Å². The van der Waals surface area contributed by atoms with Gasteiger partial charge in [-0.05, 0) is 24.6 Å². The quantitative estimate of drug-likeness (QED) is 0.740. The van der Waals surface area contributed by atoms with Crippen molar-refractivity contribution in [1.82, 2.24) is 19.9 Å². The summed E-state index contributed by atoms with van der Waals surface area (Å²) in [5.74, 6) is -1.09. The van der Waals surface area contributed by atoms with Gasteiger partial charge < -0.3 is 4.74 Å². The molecule has 0 bridgehead atoms. The van der Waals surface area contributed by atoms with Crippen molar-refractivity contribution in [2.75, 3.05) is 0 Å². The maximum atomic E-state index is 13.2. The van der Waals surface area contributed by atoms with E-state index in [2.05, 4.69) is 19.9 Å². The van der Waals surface area contributed by atoms with E-state index in [1.165, 1.54) is 6.07 Å². The topological polar surface area (TPSA) is 60.8 Å². The number of ether oxygens (including phenoxy) is 1. The molecule has 0 aliphatic rings. The highest BCUT2D eigenvalue weighted by molar-refractivity contribution is 5.48. The number of hydrogen-bond donors (Lipinski definition) is 0. The third-order valence-electron chi connectivity index (χ3n) is 2.99. The van der Waals surface area contributed by atoms with Crippen LogP contribution in [0.15, 0.2) is 42.9 Å². The first-order valence-electron chi connectivity index (χ1n) is 6.80. The first-order chi connectivity index (χ1) is 11.1. The summed E-state index contributed by atoms with van der Waals surface area (Å²) >= 11 is 0. The minimum absolute atomic E-state index is 0.0631. The Labute approximate surface area is 131 Å². The van der Waals surface area contributed by atoms with Gasteiger partial charge in [0.05, 0.1) is 6.20 Å². The Morgan fingerprint density at radius 3 is 2.65 bits per heavy atom. The summed E-state index contributed by atoms with van der Waals surface area (Å²) in [6, 6.07) is 5.26. The predicted molar refractivity (Wildman–Crippen MR) is 78.5 cm³/mol. The van der Waals surface area contributed by atoms with Crippen molar-refractivity contribution in [3.63, 3.8) is 0 Å². The minimum Gasteiger partial charge on any atom is -0.473 e. The molecule has 0 aliphatic carbocycles. The van der Waals surface area contributed by atoms with Gasteiger partial charge in [-0.2, -0.15) is 4.98 Å². The Balaban J connectivity index is 1.80. The summed E-state index contributed by atoms with van der Waals surface area (Å²) < 4.78 is 31.6. The predicted octanol–water partition coefficient (Wildman–Crippen LogP) is 3.10. The number of hydrogen-bond acceptors (Lipinski definition) is 5. The van der Waals surface area contributed by atoms with Crippen LogP contribution in [-0.2, 0) is 6.61 Å². The molecule has 3 rings (SSSR count). The molecule has 0 spiro atoms. The molecule has 0 N–H and O–H groups in total. The zero-order valence-electron chi connectivity index (χ0n) is 12.2. The van der Waals surface area contributed by atoms with Crippen LogP contribution in [-0.4, -0.2) is 19.9 Å².